The first-order valence-corrected chi connectivity index (χ1v) is 4.45. The van der Waals surface area contributed by atoms with Gasteiger partial charge >= 0.3 is 0 Å². The number of hydrogen-bond donors (Lipinski definition) is 2. The summed E-state index contributed by atoms with van der Waals surface area (Å²) < 4.78 is 9.99. The van der Waals surface area contributed by atoms with Crippen molar-refractivity contribution in [1.29, 1.82) is 5.26 Å². The summed E-state index contributed by atoms with van der Waals surface area (Å²) in [5.74, 6) is 0. The Balaban J connectivity index is 0. The molecule has 0 fully saturated rings. The van der Waals surface area contributed by atoms with E-state index in [0.717, 1.165) is 6.26 Å². The Morgan fingerprint density at radius 1 is 1.75 bits per heavy atom. The molecule has 5 heteroatoms. The van der Waals surface area contributed by atoms with Crippen molar-refractivity contribution in [2.75, 3.05) is 13.3 Å². The number of nitrogens with zero attached hydrogens (tertiary/aromatic N) is 1. The smallest absolute Gasteiger partial charge is 0.283 e. The first-order valence-electron chi connectivity index (χ1n) is 1.78. The van der Waals surface area contributed by atoms with Crippen LogP contribution < -0.4 is 5.50 Å². The van der Waals surface area contributed by atoms with Crippen LogP contribution in [0.15, 0.2) is 0 Å². The van der Waals surface area contributed by atoms with E-state index in [1.54, 1.807) is 0 Å². The molecular weight excluding hydrogens is 127 g/mol. The van der Waals surface area contributed by atoms with Crippen molar-refractivity contribution in [3.8, 4) is 6.26 Å². The van der Waals surface area contributed by atoms with Gasteiger partial charge in [0, 0.05) is 13.3 Å². The number of aliphatic hydroxyl groups excluding tert-OH is 1. The van der Waals surface area contributed by atoms with Crippen molar-refractivity contribution in [2.24, 2.45) is 5.50 Å². The lowest BCUT2D eigenvalue weighted by molar-refractivity contribution is 0.503. The highest BCUT2D eigenvalue weighted by Gasteiger charge is 1.89. The van der Waals surface area contributed by atoms with Crippen LogP contribution in [0.25, 0.3) is 0 Å². The van der Waals surface area contributed by atoms with Crippen LogP contribution in [0.3, 0.4) is 0 Å². The summed E-state index contributed by atoms with van der Waals surface area (Å²) in [5.41, 5.74) is 4.91. The normalized spacial score (nSPS) is 8.25. The first-order chi connectivity index (χ1) is 3.41. The van der Waals surface area contributed by atoms with Gasteiger partial charge in [0.2, 0.25) is 0 Å². The minimum Gasteiger partial charge on any atom is -0.443 e. The quantitative estimate of drug-likeness (QED) is 0.371. The van der Waals surface area contributed by atoms with E-state index in [4.69, 9.17) is 15.9 Å². The molecule has 0 spiro atoms. The topological polar surface area (TPSA) is 87.1 Å². The molecule has 0 rings (SSSR count). The van der Waals surface area contributed by atoms with Gasteiger partial charge in [-0.05, 0) is 0 Å². The number of rotatable bonds is 0. The van der Waals surface area contributed by atoms with Crippen LogP contribution in [0.5, 0.6) is 0 Å². The van der Waals surface area contributed by atoms with Gasteiger partial charge in [-0.3, -0.25) is 5.50 Å². The second-order valence-electron chi connectivity index (χ2n) is 1.53. The molecule has 3 N–H and O–H groups in total. The Hall–Kier alpha value is -0.520. The zero-order chi connectivity index (χ0) is 7.21. The lowest BCUT2D eigenvalue weighted by atomic mass is 11.6. The highest BCUT2D eigenvalue weighted by atomic mass is 31.2. The van der Waals surface area contributed by atoms with Crippen molar-refractivity contribution in [2.45, 2.75) is 0 Å². The largest absolute Gasteiger partial charge is 0.443 e. The van der Waals surface area contributed by atoms with Crippen LogP contribution in [0, 0.1) is 11.5 Å². The molecule has 8 heavy (non-hydrogen) atoms. The lowest BCUT2D eigenvalue weighted by Crippen LogP contribution is -1.85. The van der Waals surface area contributed by atoms with Gasteiger partial charge in [-0.1, -0.05) is 0 Å². The van der Waals surface area contributed by atoms with Crippen molar-refractivity contribution >= 4 is 7.29 Å². The SMILES string of the molecule is CP(C)(N)=O.N#CO. The molecule has 0 aliphatic rings. The van der Waals surface area contributed by atoms with Gasteiger partial charge in [-0.2, -0.15) is 5.26 Å². The highest BCUT2D eigenvalue weighted by molar-refractivity contribution is 7.59. The van der Waals surface area contributed by atoms with Crippen LogP contribution in [0.2, 0.25) is 0 Å². The summed E-state index contributed by atoms with van der Waals surface area (Å²) in [6.07, 6.45) is 0.750. The van der Waals surface area contributed by atoms with Gasteiger partial charge in [-0.15, -0.1) is 0 Å². The van der Waals surface area contributed by atoms with Crippen LogP contribution in [-0.4, -0.2) is 18.4 Å². The average Bonchev–Trinajstić information content (AvgIpc) is 1.27. The van der Waals surface area contributed by atoms with Crippen LogP contribution in [-0.2, 0) is 4.57 Å². The molecule has 0 amide bonds. The second kappa shape index (κ2) is 4.63. The van der Waals surface area contributed by atoms with E-state index in [2.05, 4.69) is 0 Å². The third-order valence-corrected chi connectivity index (χ3v) is 0. The van der Waals surface area contributed by atoms with Gasteiger partial charge in [-0.25, -0.2) is 0 Å². The zero-order valence-electron chi connectivity index (χ0n) is 4.83. The predicted octanol–water partition coefficient (Wildman–Crippen LogP) is 0.323. The summed E-state index contributed by atoms with van der Waals surface area (Å²) in [7, 11) is -2.14. The summed E-state index contributed by atoms with van der Waals surface area (Å²) in [5, 5.41) is 13.8. The summed E-state index contributed by atoms with van der Waals surface area (Å²) >= 11 is 0. The zero-order valence-corrected chi connectivity index (χ0v) is 5.72. The summed E-state index contributed by atoms with van der Waals surface area (Å²) in [6.45, 7) is 3.04. The molecule has 0 unspecified atom stereocenters. The molecule has 0 aliphatic carbocycles. The van der Waals surface area contributed by atoms with Crippen LogP contribution in [0.1, 0.15) is 0 Å². The van der Waals surface area contributed by atoms with E-state index in [0.29, 0.717) is 0 Å². The molecule has 0 aliphatic heterocycles. The maximum Gasteiger partial charge on any atom is 0.283 e. The van der Waals surface area contributed by atoms with E-state index in [1.165, 1.54) is 13.3 Å². The second-order valence-corrected chi connectivity index (χ2v) is 4.40. The van der Waals surface area contributed by atoms with Crippen molar-refractivity contribution in [1.82, 2.24) is 0 Å². The molecule has 4 nitrogen and oxygen atoms in total. The standard InChI is InChI=1S/C2H8NOP.CHNO/c1-5(2,3)4;2-1-3/h1-2H3,(H2,3,4);3H. The van der Waals surface area contributed by atoms with Crippen molar-refractivity contribution < 1.29 is 9.67 Å². The van der Waals surface area contributed by atoms with E-state index in [-0.39, 0.29) is 0 Å². The van der Waals surface area contributed by atoms with Crippen molar-refractivity contribution in [3.05, 3.63) is 0 Å². The number of nitriles is 1. The van der Waals surface area contributed by atoms with E-state index in [1.807, 2.05) is 0 Å². The Morgan fingerprint density at radius 2 is 1.75 bits per heavy atom. The minimum absolute atomic E-state index is 0.750. The molecule has 48 valence electrons. The third-order valence-electron chi connectivity index (χ3n) is 0. The fourth-order valence-electron chi connectivity index (χ4n) is 0. The molecule has 0 heterocycles. The Kier molecular flexibility index (Phi) is 6.06. The number of aliphatic hydroxyl groups is 1. The van der Waals surface area contributed by atoms with E-state index in [9.17, 15) is 4.57 Å². The predicted molar refractivity (Wildman–Crippen MR) is 31.2 cm³/mol. The molecular formula is C3H9N2O2P. The average molecular weight is 136 g/mol. The van der Waals surface area contributed by atoms with E-state index >= 15 is 0 Å². The first kappa shape index (κ1) is 10.5. The molecule has 0 saturated carbocycles. The van der Waals surface area contributed by atoms with Gasteiger partial charge in [0.05, 0.1) is 0 Å². The fourth-order valence-corrected chi connectivity index (χ4v) is 0. The van der Waals surface area contributed by atoms with Crippen molar-refractivity contribution in [3.63, 3.8) is 0 Å². The van der Waals surface area contributed by atoms with Crippen LogP contribution >= 0.6 is 7.29 Å². The molecule has 0 radical (unpaired) electrons. The lowest BCUT2D eigenvalue weighted by Gasteiger charge is -1.87. The number of nitrogens with two attached hydrogens (primary N) is 1. The maximum absolute atomic E-state index is 9.99. The Morgan fingerprint density at radius 3 is 1.75 bits per heavy atom. The van der Waals surface area contributed by atoms with Crippen LogP contribution in [0.4, 0.5) is 0 Å². The van der Waals surface area contributed by atoms with Gasteiger partial charge in [0.1, 0.15) is 7.29 Å². The highest BCUT2D eigenvalue weighted by Crippen LogP contribution is 2.21. The van der Waals surface area contributed by atoms with Gasteiger partial charge in [0.25, 0.3) is 6.26 Å². The molecule has 0 atom stereocenters. The molecule has 0 aromatic carbocycles. The Bertz CT molecular complexity index is 113. The monoisotopic (exact) mass is 136 g/mol. The molecule has 0 aromatic heterocycles. The van der Waals surface area contributed by atoms with Gasteiger partial charge in [0.15, 0.2) is 0 Å². The molecule has 0 saturated heterocycles. The molecule has 0 bridgehead atoms. The summed E-state index contributed by atoms with van der Waals surface area (Å²) in [6, 6.07) is 0. The molecule has 0 aromatic rings. The minimum atomic E-state index is -2.14. The van der Waals surface area contributed by atoms with Gasteiger partial charge < -0.3 is 9.67 Å². The van der Waals surface area contributed by atoms with E-state index < -0.39 is 7.29 Å². The number of hydrogen-bond acceptors (Lipinski definition) is 3. The Labute approximate surface area is 48.3 Å². The maximum atomic E-state index is 9.99. The summed E-state index contributed by atoms with van der Waals surface area (Å²) in [4.78, 5) is 0. The fraction of sp³-hybridized carbons (Fsp3) is 0.667. The third kappa shape index (κ3) is 407.